The molecule has 104 valence electrons. The van der Waals surface area contributed by atoms with Gasteiger partial charge in [-0.1, -0.05) is 77.1 Å². The van der Waals surface area contributed by atoms with Crippen molar-refractivity contribution in [2.75, 3.05) is 0 Å². The van der Waals surface area contributed by atoms with E-state index in [1.165, 1.54) is 27.8 Å². The van der Waals surface area contributed by atoms with Crippen molar-refractivity contribution in [1.29, 1.82) is 0 Å². The third-order valence-corrected chi connectivity index (χ3v) is 5.40. The molecule has 1 aliphatic rings. The third kappa shape index (κ3) is 1.82. The van der Waals surface area contributed by atoms with Crippen LogP contribution in [0.25, 0.3) is 11.1 Å². The highest BCUT2D eigenvalue weighted by atomic mass is 14.4. The van der Waals surface area contributed by atoms with Crippen LogP contribution in [-0.2, 0) is 11.8 Å². The number of benzene rings is 2. The minimum absolute atomic E-state index is 0.167. The van der Waals surface area contributed by atoms with Gasteiger partial charge in [-0.3, -0.25) is 0 Å². The zero-order valence-electron chi connectivity index (χ0n) is 13.2. The molecule has 0 aromatic heterocycles. The lowest BCUT2D eigenvalue weighted by Gasteiger charge is -2.40. The van der Waals surface area contributed by atoms with E-state index < -0.39 is 0 Å². The highest BCUT2D eigenvalue weighted by Crippen LogP contribution is 2.47. The highest BCUT2D eigenvalue weighted by Gasteiger charge is 2.37. The van der Waals surface area contributed by atoms with Gasteiger partial charge in [0.1, 0.15) is 0 Å². The van der Waals surface area contributed by atoms with Gasteiger partial charge in [0.05, 0.1) is 0 Å². The minimum Gasteiger partial charge on any atom is -0.0619 e. The second-order valence-electron chi connectivity index (χ2n) is 7.54. The molecule has 0 amide bonds. The Morgan fingerprint density at radius 2 is 1.40 bits per heavy atom. The van der Waals surface area contributed by atoms with Crippen LogP contribution in [0.5, 0.6) is 0 Å². The fraction of sp³-hybridized carbons (Fsp3) is 0.400. The Bertz CT molecular complexity index is 654. The first-order chi connectivity index (χ1) is 9.32. The van der Waals surface area contributed by atoms with Gasteiger partial charge in [-0.15, -0.1) is 0 Å². The van der Waals surface area contributed by atoms with E-state index in [9.17, 15) is 0 Å². The molecule has 20 heavy (non-hydrogen) atoms. The molecule has 1 aliphatic carbocycles. The van der Waals surface area contributed by atoms with Crippen LogP contribution in [0.1, 0.15) is 51.3 Å². The first-order valence-corrected chi connectivity index (χ1v) is 7.53. The van der Waals surface area contributed by atoms with Gasteiger partial charge in [0.2, 0.25) is 0 Å². The average Bonchev–Trinajstić information content (AvgIpc) is 2.75. The molecule has 0 saturated heterocycles. The van der Waals surface area contributed by atoms with Crippen LogP contribution < -0.4 is 0 Å². The molecule has 0 fully saturated rings. The first kappa shape index (κ1) is 13.4. The van der Waals surface area contributed by atoms with Crippen molar-refractivity contribution in [2.24, 2.45) is 5.41 Å². The van der Waals surface area contributed by atoms with Crippen molar-refractivity contribution < 1.29 is 0 Å². The van der Waals surface area contributed by atoms with Crippen LogP contribution in [-0.4, -0.2) is 0 Å². The van der Waals surface area contributed by atoms with Gasteiger partial charge in [-0.2, -0.15) is 0 Å². The fourth-order valence-corrected chi connectivity index (χ4v) is 3.15. The Kier molecular flexibility index (Phi) is 2.83. The first-order valence-electron chi connectivity index (χ1n) is 7.53. The van der Waals surface area contributed by atoms with Gasteiger partial charge in [0, 0.05) is 0 Å². The van der Waals surface area contributed by atoms with Crippen LogP contribution in [0.3, 0.4) is 0 Å². The van der Waals surface area contributed by atoms with E-state index in [1.54, 1.807) is 0 Å². The van der Waals surface area contributed by atoms with E-state index in [2.05, 4.69) is 77.1 Å². The number of hydrogen-bond acceptors (Lipinski definition) is 0. The largest absolute Gasteiger partial charge is 0.0619 e. The molecule has 0 aliphatic heterocycles. The summed E-state index contributed by atoms with van der Waals surface area (Å²) in [6.45, 7) is 11.8. The van der Waals surface area contributed by atoms with Crippen molar-refractivity contribution in [3.63, 3.8) is 0 Å². The van der Waals surface area contributed by atoms with Gasteiger partial charge >= 0.3 is 0 Å². The molecule has 0 heterocycles. The monoisotopic (exact) mass is 264 g/mol. The summed E-state index contributed by atoms with van der Waals surface area (Å²) in [4.78, 5) is 0. The molecule has 0 nitrogen and oxygen atoms in total. The maximum atomic E-state index is 2.38. The van der Waals surface area contributed by atoms with Crippen molar-refractivity contribution in [2.45, 2.75) is 46.5 Å². The van der Waals surface area contributed by atoms with Gasteiger partial charge < -0.3 is 0 Å². The van der Waals surface area contributed by atoms with Gasteiger partial charge in [0.25, 0.3) is 0 Å². The quantitative estimate of drug-likeness (QED) is 0.538. The van der Waals surface area contributed by atoms with E-state index >= 15 is 0 Å². The van der Waals surface area contributed by atoms with Crippen LogP contribution in [0, 0.1) is 5.41 Å². The van der Waals surface area contributed by atoms with Crippen molar-refractivity contribution in [3.8, 4) is 11.1 Å². The minimum atomic E-state index is 0.167. The fourth-order valence-electron chi connectivity index (χ4n) is 3.15. The zero-order chi connectivity index (χ0) is 14.5. The molecule has 0 heteroatoms. The molecule has 3 rings (SSSR count). The second kappa shape index (κ2) is 4.22. The normalized spacial score (nSPS) is 14.1. The predicted molar refractivity (Wildman–Crippen MR) is 87.2 cm³/mol. The standard InChI is InChI=1S/C20H24/c1-19(2,3)20(4,5)18-12-8-11-16-15-10-7-6-9-14(15)13-17(16)18/h6-12H,13H2,1-5H3. The topological polar surface area (TPSA) is 0 Å². The summed E-state index contributed by atoms with van der Waals surface area (Å²) in [5.74, 6) is 0. The predicted octanol–water partition coefficient (Wildman–Crippen LogP) is 5.58. The lowest BCUT2D eigenvalue weighted by molar-refractivity contribution is 0.224. The molecule has 2 aromatic carbocycles. The summed E-state index contributed by atoms with van der Waals surface area (Å²) in [7, 11) is 0. The molecule has 2 aromatic rings. The van der Waals surface area contributed by atoms with Gasteiger partial charge in [0.15, 0.2) is 0 Å². The Morgan fingerprint density at radius 3 is 2.10 bits per heavy atom. The lowest BCUT2D eigenvalue weighted by atomic mass is 9.64. The van der Waals surface area contributed by atoms with E-state index in [4.69, 9.17) is 0 Å². The number of rotatable bonds is 1. The molecule has 0 radical (unpaired) electrons. The summed E-state index contributed by atoms with van der Waals surface area (Å²) < 4.78 is 0. The summed E-state index contributed by atoms with van der Waals surface area (Å²) in [5, 5.41) is 0. The zero-order valence-corrected chi connectivity index (χ0v) is 13.2. The number of fused-ring (bicyclic) bond motifs is 3. The molecule has 0 N–H and O–H groups in total. The van der Waals surface area contributed by atoms with Crippen LogP contribution in [0.4, 0.5) is 0 Å². The Balaban J connectivity index is 2.20. The Labute approximate surface area is 122 Å². The highest BCUT2D eigenvalue weighted by molar-refractivity contribution is 5.78. The number of hydrogen-bond donors (Lipinski definition) is 0. The lowest BCUT2D eigenvalue weighted by Crippen LogP contribution is -2.34. The smallest absolute Gasteiger partial charge is 0.00105 e. The molecule has 0 atom stereocenters. The van der Waals surface area contributed by atoms with Crippen molar-refractivity contribution in [3.05, 3.63) is 59.2 Å². The second-order valence-corrected chi connectivity index (χ2v) is 7.54. The van der Waals surface area contributed by atoms with Crippen molar-refractivity contribution >= 4 is 0 Å². The van der Waals surface area contributed by atoms with E-state index in [0.29, 0.717) is 0 Å². The van der Waals surface area contributed by atoms with Crippen LogP contribution in [0.2, 0.25) is 0 Å². The van der Waals surface area contributed by atoms with E-state index in [0.717, 1.165) is 6.42 Å². The summed E-state index contributed by atoms with van der Waals surface area (Å²) >= 11 is 0. The Hall–Kier alpha value is -1.56. The average molecular weight is 264 g/mol. The molecule has 0 spiro atoms. The maximum Gasteiger partial charge on any atom is -0.00105 e. The summed E-state index contributed by atoms with van der Waals surface area (Å²) in [6, 6.07) is 15.7. The van der Waals surface area contributed by atoms with E-state index in [1.807, 2.05) is 0 Å². The molecule has 0 bridgehead atoms. The maximum absolute atomic E-state index is 2.38. The van der Waals surface area contributed by atoms with Crippen LogP contribution >= 0.6 is 0 Å². The summed E-state index contributed by atoms with van der Waals surface area (Å²) in [6.07, 6.45) is 1.08. The van der Waals surface area contributed by atoms with Gasteiger partial charge in [-0.05, 0) is 45.1 Å². The van der Waals surface area contributed by atoms with E-state index in [-0.39, 0.29) is 10.8 Å². The summed E-state index contributed by atoms with van der Waals surface area (Å²) in [5.41, 5.74) is 7.80. The Morgan fingerprint density at radius 1 is 0.750 bits per heavy atom. The SMILES string of the molecule is CC(C)(C)C(C)(C)c1cccc2c1Cc1ccccc1-2. The molecule has 0 unspecified atom stereocenters. The third-order valence-electron chi connectivity index (χ3n) is 5.40. The van der Waals surface area contributed by atoms with Crippen LogP contribution in [0.15, 0.2) is 42.5 Å². The van der Waals surface area contributed by atoms with Crippen molar-refractivity contribution in [1.82, 2.24) is 0 Å². The van der Waals surface area contributed by atoms with Gasteiger partial charge in [-0.25, -0.2) is 0 Å². The molecular formula is C20H24. The molecule has 0 saturated carbocycles. The molecular weight excluding hydrogens is 240 g/mol.